The molecule has 0 radical (unpaired) electrons. The summed E-state index contributed by atoms with van der Waals surface area (Å²) in [4.78, 5) is 16.6. The molecule has 0 aliphatic carbocycles. The van der Waals surface area contributed by atoms with Gasteiger partial charge in [0.05, 0.1) is 10.3 Å². The lowest BCUT2D eigenvalue weighted by atomic mass is 10.0. The molecule has 0 N–H and O–H groups in total. The van der Waals surface area contributed by atoms with Crippen molar-refractivity contribution in [3.63, 3.8) is 0 Å². The van der Waals surface area contributed by atoms with Gasteiger partial charge in [0.2, 0.25) is 0 Å². The zero-order chi connectivity index (χ0) is 13.8. The molecule has 1 unspecified atom stereocenters. The van der Waals surface area contributed by atoms with Crippen LogP contribution in [0.25, 0.3) is 0 Å². The lowest BCUT2D eigenvalue weighted by Gasteiger charge is -2.11. The highest BCUT2D eigenvalue weighted by molar-refractivity contribution is 8.00. The summed E-state index contributed by atoms with van der Waals surface area (Å²) in [7, 11) is 0. The Labute approximate surface area is 118 Å². The first kappa shape index (κ1) is 13.8. The monoisotopic (exact) mass is 271 g/mol. The minimum absolute atomic E-state index is 0.128. The zero-order valence-corrected chi connectivity index (χ0v) is 12.2. The van der Waals surface area contributed by atoms with E-state index in [9.17, 15) is 4.79 Å². The van der Waals surface area contributed by atoms with Crippen LogP contribution in [0.3, 0.4) is 0 Å². The molecule has 0 fully saturated rings. The van der Waals surface area contributed by atoms with Gasteiger partial charge in [0.1, 0.15) is 0 Å². The van der Waals surface area contributed by atoms with Gasteiger partial charge in [0.15, 0.2) is 5.78 Å². The minimum atomic E-state index is -0.128. The van der Waals surface area contributed by atoms with Crippen LogP contribution < -0.4 is 0 Å². The Morgan fingerprint density at radius 2 is 1.95 bits per heavy atom. The molecule has 2 aromatic rings. The number of carbonyl (C=O) groups is 1. The van der Waals surface area contributed by atoms with Crippen LogP contribution in [-0.2, 0) is 0 Å². The molecule has 0 bridgehead atoms. The van der Waals surface area contributed by atoms with Crippen molar-refractivity contribution in [2.24, 2.45) is 0 Å². The number of pyridine rings is 1. The van der Waals surface area contributed by atoms with Gasteiger partial charge in [0.25, 0.3) is 0 Å². The second-order valence-corrected chi connectivity index (χ2v) is 5.95. The number of aryl methyl sites for hydroxylation is 2. The molecule has 0 spiro atoms. The topological polar surface area (TPSA) is 30.0 Å². The van der Waals surface area contributed by atoms with Gasteiger partial charge in [-0.25, -0.2) is 4.98 Å². The van der Waals surface area contributed by atoms with Gasteiger partial charge in [-0.05, 0) is 50.1 Å². The first-order chi connectivity index (χ1) is 9.08. The van der Waals surface area contributed by atoms with E-state index in [1.165, 1.54) is 17.3 Å². The normalized spacial score (nSPS) is 12.2. The van der Waals surface area contributed by atoms with Crippen LogP contribution >= 0.6 is 11.8 Å². The fraction of sp³-hybridized carbons (Fsp3) is 0.250. The lowest BCUT2D eigenvalue weighted by Crippen LogP contribution is -2.14. The molecule has 0 saturated heterocycles. The van der Waals surface area contributed by atoms with Crippen molar-refractivity contribution in [3.8, 4) is 0 Å². The summed E-state index contributed by atoms with van der Waals surface area (Å²) in [6.45, 7) is 6.01. The van der Waals surface area contributed by atoms with E-state index in [0.717, 1.165) is 16.2 Å². The third-order valence-corrected chi connectivity index (χ3v) is 4.15. The van der Waals surface area contributed by atoms with Gasteiger partial charge >= 0.3 is 0 Å². The molecule has 0 aliphatic heterocycles. The summed E-state index contributed by atoms with van der Waals surface area (Å²) in [6, 6.07) is 11.6. The molecule has 98 valence electrons. The van der Waals surface area contributed by atoms with Gasteiger partial charge in [-0.1, -0.05) is 30.0 Å². The van der Waals surface area contributed by atoms with Crippen LogP contribution in [0.4, 0.5) is 0 Å². The Morgan fingerprint density at radius 1 is 1.16 bits per heavy atom. The number of thioether (sulfide) groups is 1. The highest BCUT2D eigenvalue weighted by Gasteiger charge is 2.17. The molecule has 0 amide bonds. The quantitative estimate of drug-likeness (QED) is 0.620. The third kappa shape index (κ3) is 3.44. The van der Waals surface area contributed by atoms with Crippen molar-refractivity contribution in [1.82, 2.24) is 4.98 Å². The molecule has 2 nitrogen and oxygen atoms in total. The summed E-state index contributed by atoms with van der Waals surface area (Å²) in [5.74, 6) is 0.152. The first-order valence-corrected chi connectivity index (χ1v) is 7.15. The molecule has 1 aromatic heterocycles. The van der Waals surface area contributed by atoms with E-state index in [1.807, 2.05) is 50.2 Å². The Balaban J connectivity index is 2.12. The molecule has 3 heteroatoms. The number of hydrogen-bond donors (Lipinski definition) is 0. The van der Waals surface area contributed by atoms with Crippen LogP contribution in [0.5, 0.6) is 0 Å². The van der Waals surface area contributed by atoms with Gasteiger partial charge in [0, 0.05) is 11.8 Å². The highest BCUT2D eigenvalue weighted by atomic mass is 32.2. The van der Waals surface area contributed by atoms with Crippen LogP contribution in [-0.4, -0.2) is 16.0 Å². The molecule has 2 rings (SSSR count). The number of aromatic nitrogens is 1. The molecular weight excluding hydrogens is 254 g/mol. The lowest BCUT2D eigenvalue weighted by molar-refractivity contribution is 0.0994. The van der Waals surface area contributed by atoms with Crippen molar-refractivity contribution in [2.45, 2.75) is 31.0 Å². The molecule has 19 heavy (non-hydrogen) atoms. The molecule has 0 saturated carbocycles. The number of benzene rings is 1. The Hall–Kier alpha value is -1.61. The van der Waals surface area contributed by atoms with Gasteiger partial charge in [-0.2, -0.15) is 0 Å². The van der Waals surface area contributed by atoms with Gasteiger partial charge in [-0.15, -0.1) is 0 Å². The Kier molecular flexibility index (Phi) is 4.38. The Morgan fingerprint density at radius 3 is 2.58 bits per heavy atom. The molecule has 1 heterocycles. The maximum absolute atomic E-state index is 12.4. The van der Waals surface area contributed by atoms with E-state index >= 15 is 0 Å². The predicted octanol–water partition coefficient (Wildman–Crippen LogP) is 4.06. The van der Waals surface area contributed by atoms with E-state index in [1.54, 1.807) is 6.20 Å². The van der Waals surface area contributed by atoms with Gasteiger partial charge in [-0.3, -0.25) is 4.79 Å². The maximum Gasteiger partial charge on any atom is 0.175 e. The summed E-state index contributed by atoms with van der Waals surface area (Å²) in [5, 5.41) is 0.754. The van der Waals surface area contributed by atoms with Crippen molar-refractivity contribution in [3.05, 3.63) is 59.3 Å². The average Bonchev–Trinajstić information content (AvgIpc) is 2.42. The molecular formula is C16H17NOS. The number of rotatable bonds is 4. The van der Waals surface area contributed by atoms with Crippen molar-refractivity contribution >= 4 is 17.5 Å². The smallest absolute Gasteiger partial charge is 0.175 e. The van der Waals surface area contributed by atoms with E-state index in [4.69, 9.17) is 0 Å². The molecule has 1 aromatic carbocycles. The zero-order valence-electron chi connectivity index (χ0n) is 11.4. The van der Waals surface area contributed by atoms with Crippen LogP contribution in [0.2, 0.25) is 0 Å². The fourth-order valence-corrected chi connectivity index (χ4v) is 2.67. The largest absolute Gasteiger partial charge is 0.293 e. The fourth-order valence-electron chi connectivity index (χ4n) is 1.78. The summed E-state index contributed by atoms with van der Waals surface area (Å²) < 4.78 is 0. The SMILES string of the molecule is Cc1ccc(C(=O)C(C)Sc2ccccn2)cc1C. The minimum Gasteiger partial charge on any atom is -0.293 e. The maximum atomic E-state index is 12.4. The summed E-state index contributed by atoms with van der Waals surface area (Å²) >= 11 is 1.50. The van der Waals surface area contributed by atoms with Crippen molar-refractivity contribution in [1.29, 1.82) is 0 Å². The predicted molar refractivity (Wildman–Crippen MR) is 79.8 cm³/mol. The first-order valence-electron chi connectivity index (χ1n) is 6.27. The van der Waals surface area contributed by atoms with Crippen LogP contribution in [0, 0.1) is 13.8 Å². The summed E-state index contributed by atoms with van der Waals surface area (Å²) in [6.07, 6.45) is 1.75. The molecule has 1 atom stereocenters. The number of ketones is 1. The van der Waals surface area contributed by atoms with E-state index in [0.29, 0.717) is 0 Å². The van der Waals surface area contributed by atoms with E-state index < -0.39 is 0 Å². The number of carbonyl (C=O) groups excluding carboxylic acids is 1. The van der Waals surface area contributed by atoms with Crippen molar-refractivity contribution in [2.75, 3.05) is 0 Å². The highest BCUT2D eigenvalue weighted by Crippen LogP contribution is 2.24. The number of Topliss-reactive ketones (excluding diaryl/α,β-unsaturated/α-hetero) is 1. The number of hydrogen-bond acceptors (Lipinski definition) is 3. The summed E-state index contributed by atoms with van der Waals surface area (Å²) in [5.41, 5.74) is 3.14. The third-order valence-electron chi connectivity index (χ3n) is 3.10. The Bertz CT molecular complexity index is 581. The molecule has 0 aliphatic rings. The average molecular weight is 271 g/mol. The van der Waals surface area contributed by atoms with E-state index in [-0.39, 0.29) is 11.0 Å². The van der Waals surface area contributed by atoms with Crippen LogP contribution in [0.15, 0.2) is 47.6 Å². The second-order valence-electron chi connectivity index (χ2n) is 4.59. The van der Waals surface area contributed by atoms with Gasteiger partial charge < -0.3 is 0 Å². The number of nitrogens with zero attached hydrogens (tertiary/aromatic N) is 1. The second kappa shape index (κ2) is 6.02. The van der Waals surface area contributed by atoms with Crippen molar-refractivity contribution < 1.29 is 4.79 Å². The van der Waals surface area contributed by atoms with E-state index in [2.05, 4.69) is 11.9 Å². The van der Waals surface area contributed by atoms with Crippen LogP contribution in [0.1, 0.15) is 28.4 Å². The standard InChI is InChI=1S/C16H17NOS/c1-11-7-8-14(10-12(11)2)16(18)13(3)19-15-6-4-5-9-17-15/h4-10,13H,1-3H3.